The van der Waals surface area contributed by atoms with Crippen LogP contribution in [0.5, 0.6) is 0 Å². The number of hydrogen-bond acceptors (Lipinski definition) is 5. The summed E-state index contributed by atoms with van der Waals surface area (Å²) in [6.45, 7) is 3.59. The van der Waals surface area contributed by atoms with Crippen molar-refractivity contribution in [3.05, 3.63) is 81.4 Å². The molecular formula is C27H27N5O3. The minimum Gasteiger partial charge on any atom is -0.338 e. The van der Waals surface area contributed by atoms with Crippen molar-refractivity contribution in [2.45, 2.75) is 38.6 Å². The Balaban J connectivity index is 1.28. The van der Waals surface area contributed by atoms with E-state index in [4.69, 9.17) is 5.26 Å². The van der Waals surface area contributed by atoms with Crippen molar-refractivity contribution in [3.8, 4) is 6.07 Å². The van der Waals surface area contributed by atoms with Crippen LogP contribution in [0.1, 0.15) is 46.3 Å². The van der Waals surface area contributed by atoms with Crippen molar-refractivity contribution in [1.29, 1.82) is 5.26 Å². The lowest BCUT2D eigenvalue weighted by Crippen LogP contribution is -2.48. The van der Waals surface area contributed by atoms with Crippen LogP contribution in [-0.4, -0.2) is 56.7 Å². The fraction of sp³-hybridized carbons (Fsp3) is 0.370. The van der Waals surface area contributed by atoms with Gasteiger partial charge in [0.2, 0.25) is 5.91 Å². The second kappa shape index (κ2) is 9.34. The third kappa shape index (κ3) is 4.42. The summed E-state index contributed by atoms with van der Waals surface area (Å²) in [5.41, 5.74) is 2.82. The smallest absolute Gasteiger partial charge is 0.270 e. The third-order valence-electron chi connectivity index (χ3n) is 7.19. The van der Waals surface area contributed by atoms with Crippen molar-refractivity contribution in [1.82, 2.24) is 19.2 Å². The SMILES string of the molecule is Cc1ccn2c(=O)c(C(=O)N3C[C@@H]4CCCN(C(=O)CCc5ccc(C#N)cc5)[C@H]4C3)cnc2c1. The van der Waals surface area contributed by atoms with Gasteiger partial charge in [-0.25, -0.2) is 4.98 Å². The average Bonchev–Trinajstić information content (AvgIpc) is 3.32. The van der Waals surface area contributed by atoms with Crippen LogP contribution in [0.3, 0.4) is 0 Å². The summed E-state index contributed by atoms with van der Waals surface area (Å²) in [4.78, 5) is 47.4. The van der Waals surface area contributed by atoms with Gasteiger partial charge in [0, 0.05) is 38.4 Å². The molecule has 178 valence electrons. The second-order valence-electron chi connectivity index (χ2n) is 9.48. The molecule has 4 heterocycles. The fourth-order valence-electron chi connectivity index (χ4n) is 5.29. The lowest BCUT2D eigenvalue weighted by molar-refractivity contribution is -0.135. The first kappa shape index (κ1) is 22.8. The van der Waals surface area contributed by atoms with E-state index in [-0.39, 0.29) is 34.9 Å². The number of hydrogen-bond donors (Lipinski definition) is 0. The second-order valence-corrected chi connectivity index (χ2v) is 9.48. The van der Waals surface area contributed by atoms with Crippen molar-refractivity contribution in [3.63, 3.8) is 0 Å². The Labute approximate surface area is 203 Å². The highest BCUT2D eigenvalue weighted by Crippen LogP contribution is 2.32. The molecule has 2 amide bonds. The largest absolute Gasteiger partial charge is 0.338 e. The molecule has 0 spiro atoms. The van der Waals surface area contributed by atoms with Crippen molar-refractivity contribution >= 4 is 17.5 Å². The average molecular weight is 470 g/mol. The Morgan fingerprint density at radius 1 is 1.17 bits per heavy atom. The number of aryl methyl sites for hydroxylation is 2. The summed E-state index contributed by atoms with van der Waals surface area (Å²) < 4.78 is 1.41. The number of likely N-dealkylation sites (tertiary alicyclic amines) is 2. The zero-order valence-electron chi connectivity index (χ0n) is 19.7. The van der Waals surface area contributed by atoms with Crippen LogP contribution in [0.25, 0.3) is 5.65 Å². The van der Waals surface area contributed by atoms with Crippen LogP contribution < -0.4 is 5.56 Å². The summed E-state index contributed by atoms with van der Waals surface area (Å²) in [7, 11) is 0. The molecule has 0 saturated carbocycles. The number of pyridine rings is 1. The van der Waals surface area contributed by atoms with Crippen molar-refractivity contribution < 1.29 is 9.59 Å². The lowest BCUT2D eigenvalue weighted by atomic mass is 9.91. The van der Waals surface area contributed by atoms with Gasteiger partial charge in [-0.05, 0) is 67.5 Å². The zero-order chi connectivity index (χ0) is 24.5. The lowest BCUT2D eigenvalue weighted by Gasteiger charge is -2.37. The summed E-state index contributed by atoms with van der Waals surface area (Å²) in [5.74, 6) is -0.0246. The van der Waals surface area contributed by atoms with E-state index in [1.165, 1.54) is 10.6 Å². The number of benzene rings is 1. The molecule has 0 N–H and O–H groups in total. The van der Waals surface area contributed by atoms with Crippen LogP contribution in [0.15, 0.2) is 53.6 Å². The Bertz CT molecular complexity index is 1390. The summed E-state index contributed by atoms with van der Waals surface area (Å²) >= 11 is 0. The monoisotopic (exact) mass is 469 g/mol. The minimum absolute atomic E-state index is 0.0278. The van der Waals surface area contributed by atoms with Crippen molar-refractivity contribution in [2.24, 2.45) is 5.92 Å². The maximum absolute atomic E-state index is 13.3. The van der Waals surface area contributed by atoms with Gasteiger partial charge in [-0.15, -0.1) is 0 Å². The molecule has 2 aliphatic heterocycles. The standard InChI is InChI=1S/C27H27N5O3/c1-18-10-12-32-24(13-18)29-15-22(27(32)35)26(34)30-16-21-3-2-11-31(23(21)17-30)25(33)9-8-19-4-6-20(14-28)7-5-19/h4-7,10,12-13,15,21,23H,2-3,8-9,11,16-17H2,1H3/t21-,23-/m0/s1. The summed E-state index contributed by atoms with van der Waals surface area (Å²) in [6, 6.07) is 13.0. The van der Waals surface area contributed by atoms with Gasteiger partial charge in [0.1, 0.15) is 11.2 Å². The number of aromatic nitrogens is 2. The number of carbonyl (C=O) groups is 2. The van der Waals surface area contributed by atoms with Gasteiger partial charge < -0.3 is 9.80 Å². The van der Waals surface area contributed by atoms with Crippen LogP contribution in [0.4, 0.5) is 0 Å². The van der Waals surface area contributed by atoms with Crippen LogP contribution >= 0.6 is 0 Å². The van der Waals surface area contributed by atoms with E-state index in [0.717, 1.165) is 24.0 Å². The molecule has 0 bridgehead atoms. The summed E-state index contributed by atoms with van der Waals surface area (Å²) in [5, 5.41) is 8.95. The molecule has 2 saturated heterocycles. The molecule has 0 radical (unpaired) electrons. The predicted molar refractivity (Wildman–Crippen MR) is 130 cm³/mol. The van der Waals surface area contributed by atoms with Gasteiger partial charge in [-0.2, -0.15) is 5.26 Å². The highest BCUT2D eigenvalue weighted by molar-refractivity contribution is 5.94. The predicted octanol–water partition coefficient (Wildman–Crippen LogP) is 2.57. The van der Waals surface area contributed by atoms with Gasteiger partial charge >= 0.3 is 0 Å². The van der Waals surface area contributed by atoms with E-state index in [9.17, 15) is 14.4 Å². The number of carbonyl (C=O) groups excluding carboxylic acids is 2. The Kier molecular flexibility index (Phi) is 6.08. The number of fused-ring (bicyclic) bond motifs is 2. The van der Waals surface area contributed by atoms with Gasteiger partial charge in [0.15, 0.2) is 0 Å². The number of rotatable bonds is 4. The molecule has 5 rings (SSSR count). The zero-order valence-corrected chi connectivity index (χ0v) is 19.7. The molecule has 1 aromatic carbocycles. The maximum Gasteiger partial charge on any atom is 0.270 e. The molecule has 8 heteroatoms. The first-order valence-electron chi connectivity index (χ1n) is 12.0. The Morgan fingerprint density at radius 2 is 1.97 bits per heavy atom. The highest BCUT2D eigenvalue weighted by atomic mass is 16.2. The van der Waals surface area contributed by atoms with E-state index in [1.807, 2.05) is 30.0 Å². The first-order chi connectivity index (χ1) is 16.9. The Morgan fingerprint density at radius 3 is 2.74 bits per heavy atom. The molecular weight excluding hydrogens is 442 g/mol. The number of nitriles is 1. The van der Waals surface area contributed by atoms with Gasteiger partial charge in [0.25, 0.3) is 11.5 Å². The van der Waals surface area contributed by atoms with E-state index in [0.29, 0.717) is 43.7 Å². The molecule has 8 nitrogen and oxygen atoms in total. The minimum atomic E-state index is -0.370. The first-order valence-corrected chi connectivity index (χ1v) is 12.0. The molecule has 0 aliphatic carbocycles. The maximum atomic E-state index is 13.3. The quantitative estimate of drug-likeness (QED) is 0.585. The van der Waals surface area contributed by atoms with Gasteiger partial charge in [-0.3, -0.25) is 18.8 Å². The normalized spacial score (nSPS) is 19.4. The van der Waals surface area contributed by atoms with E-state index in [1.54, 1.807) is 29.3 Å². The molecule has 0 unspecified atom stereocenters. The fourth-order valence-corrected chi connectivity index (χ4v) is 5.29. The van der Waals surface area contributed by atoms with Crippen LogP contribution in [0.2, 0.25) is 0 Å². The number of amides is 2. The van der Waals surface area contributed by atoms with E-state index in [2.05, 4.69) is 11.1 Å². The van der Waals surface area contributed by atoms with Gasteiger partial charge in [-0.1, -0.05) is 12.1 Å². The van der Waals surface area contributed by atoms with E-state index >= 15 is 0 Å². The van der Waals surface area contributed by atoms with E-state index < -0.39 is 0 Å². The topological polar surface area (TPSA) is 98.8 Å². The third-order valence-corrected chi connectivity index (χ3v) is 7.19. The Hall–Kier alpha value is -3.99. The van der Waals surface area contributed by atoms with Crippen LogP contribution in [-0.2, 0) is 11.2 Å². The molecule has 2 aromatic heterocycles. The number of piperidine rings is 1. The van der Waals surface area contributed by atoms with Gasteiger partial charge in [0.05, 0.1) is 17.7 Å². The highest BCUT2D eigenvalue weighted by Gasteiger charge is 2.42. The molecule has 35 heavy (non-hydrogen) atoms. The molecule has 2 atom stereocenters. The number of nitrogens with zero attached hydrogens (tertiary/aromatic N) is 5. The van der Waals surface area contributed by atoms with Crippen LogP contribution in [0, 0.1) is 24.2 Å². The molecule has 2 fully saturated rings. The molecule has 3 aromatic rings. The molecule has 2 aliphatic rings. The summed E-state index contributed by atoms with van der Waals surface area (Å²) in [6.07, 6.45) is 5.89. The van der Waals surface area contributed by atoms with Crippen molar-refractivity contribution in [2.75, 3.05) is 19.6 Å².